The van der Waals surface area contributed by atoms with Crippen molar-refractivity contribution in [1.29, 1.82) is 0 Å². The number of rotatable bonds is 3. The lowest BCUT2D eigenvalue weighted by molar-refractivity contribution is 0.893. The fourth-order valence-electron chi connectivity index (χ4n) is 1.60. The van der Waals surface area contributed by atoms with Crippen molar-refractivity contribution in [2.45, 2.75) is 6.54 Å². The molecule has 0 aliphatic rings. The van der Waals surface area contributed by atoms with Gasteiger partial charge in [0.25, 0.3) is 0 Å². The van der Waals surface area contributed by atoms with Crippen LogP contribution in [0.2, 0.25) is 5.15 Å². The molecule has 0 amide bonds. The molecule has 1 aromatic carbocycles. The number of nitrogens with zero attached hydrogens (tertiary/aromatic N) is 3. The van der Waals surface area contributed by atoms with E-state index in [2.05, 4.69) is 22.1 Å². The van der Waals surface area contributed by atoms with E-state index in [0.717, 1.165) is 6.54 Å². The minimum absolute atomic E-state index is 0.287. The van der Waals surface area contributed by atoms with Crippen LogP contribution < -0.4 is 10.6 Å². The van der Waals surface area contributed by atoms with E-state index in [9.17, 15) is 0 Å². The predicted octanol–water partition coefficient (Wildman–Crippen LogP) is 2.35. The van der Waals surface area contributed by atoms with Gasteiger partial charge in [-0.3, -0.25) is 0 Å². The molecule has 0 atom stereocenters. The predicted molar refractivity (Wildman–Crippen MR) is 70.0 cm³/mol. The zero-order chi connectivity index (χ0) is 12.3. The molecule has 0 bridgehead atoms. The molecule has 0 fully saturated rings. The minimum atomic E-state index is 0.287. The van der Waals surface area contributed by atoms with Gasteiger partial charge in [-0.2, -0.15) is 0 Å². The van der Waals surface area contributed by atoms with Crippen LogP contribution in [-0.4, -0.2) is 17.0 Å². The van der Waals surface area contributed by atoms with Crippen LogP contribution in [0.15, 0.2) is 36.7 Å². The molecule has 0 saturated carbocycles. The van der Waals surface area contributed by atoms with Gasteiger partial charge in [-0.25, -0.2) is 9.97 Å². The smallest absolute Gasteiger partial charge is 0.157 e. The molecule has 4 nitrogen and oxygen atoms in total. The molecule has 0 unspecified atom stereocenters. The zero-order valence-corrected chi connectivity index (χ0v) is 10.2. The van der Waals surface area contributed by atoms with Gasteiger partial charge in [0.1, 0.15) is 12.0 Å². The Kier molecular flexibility index (Phi) is 3.44. The molecule has 0 radical (unpaired) electrons. The van der Waals surface area contributed by atoms with Crippen LogP contribution in [0.3, 0.4) is 0 Å². The normalized spacial score (nSPS) is 10.2. The molecule has 1 aromatic heterocycles. The molecule has 2 rings (SSSR count). The van der Waals surface area contributed by atoms with Gasteiger partial charge in [0, 0.05) is 13.6 Å². The number of benzene rings is 1. The summed E-state index contributed by atoms with van der Waals surface area (Å²) < 4.78 is 0. The Morgan fingerprint density at radius 3 is 2.65 bits per heavy atom. The van der Waals surface area contributed by atoms with Crippen molar-refractivity contribution in [2.24, 2.45) is 0 Å². The average Bonchev–Trinajstić information content (AvgIpc) is 2.34. The van der Waals surface area contributed by atoms with Crippen molar-refractivity contribution < 1.29 is 0 Å². The molecular weight excluding hydrogens is 236 g/mol. The summed E-state index contributed by atoms with van der Waals surface area (Å²) in [5, 5.41) is 0.287. The van der Waals surface area contributed by atoms with Crippen molar-refractivity contribution >= 4 is 23.1 Å². The van der Waals surface area contributed by atoms with Crippen LogP contribution in [0.1, 0.15) is 5.56 Å². The van der Waals surface area contributed by atoms with Gasteiger partial charge in [0.05, 0.1) is 0 Å². The molecule has 2 N–H and O–H groups in total. The van der Waals surface area contributed by atoms with Crippen molar-refractivity contribution in [2.75, 3.05) is 17.7 Å². The van der Waals surface area contributed by atoms with E-state index in [-0.39, 0.29) is 5.15 Å². The molecule has 2 aromatic rings. The third-order valence-electron chi connectivity index (χ3n) is 2.44. The van der Waals surface area contributed by atoms with E-state index in [1.165, 1.54) is 11.9 Å². The highest BCUT2D eigenvalue weighted by molar-refractivity contribution is 6.32. The number of nitrogen functional groups attached to an aromatic ring is 1. The highest BCUT2D eigenvalue weighted by Crippen LogP contribution is 2.25. The Balaban J connectivity index is 2.20. The fraction of sp³-hybridized carbons (Fsp3) is 0.167. The Morgan fingerprint density at radius 1 is 1.24 bits per heavy atom. The molecule has 88 valence electrons. The molecule has 0 aliphatic carbocycles. The van der Waals surface area contributed by atoms with Crippen LogP contribution in [0.5, 0.6) is 0 Å². The summed E-state index contributed by atoms with van der Waals surface area (Å²) in [5.41, 5.74) is 7.43. The van der Waals surface area contributed by atoms with E-state index in [4.69, 9.17) is 17.3 Å². The first kappa shape index (κ1) is 11.7. The van der Waals surface area contributed by atoms with Gasteiger partial charge >= 0.3 is 0 Å². The number of aromatic nitrogens is 2. The highest BCUT2D eigenvalue weighted by atomic mass is 35.5. The molecule has 0 spiro atoms. The molecule has 0 saturated heterocycles. The molecular formula is C12H13ClN4. The van der Waals surface area contributed by atoms with Gasteiger partial charge < -0.3 is 10.6 Å². The number of halogens is 1. The van der Waals surface area contributed by atoms with Crippen molar-refractivity contribution in [3.05, 3.63) is 47.4 Å². The Morgan fingerprint density at radius 2 is 1.94 bits per heavy atom. The zero-order valence-electron chi connectivity index (χ0n) is 9.47. The standard InChI is InChI=1S/C12H13ClN4/c1-17(7-9-5-3-2-4-6-9)12-10(14)11(13)15-8-16-12/h2-6,8H,7,14H2,1H3. The van der Waals surface area contributed by atoms with Crippen LogP contribution in [0.25, 0.3) is 0 Å². The topological polar surface area (TPSA) is 55.0 Å². The summed E-state index contributed by atoms with van der Waals surface area (Å²) in [6, 6.07) is 10.1. The molecule has 5 heteroatoms. The second-order valence-corrected chi connectivity index (χ2v) is 4.10. The maximum absolute atomic E-state index is 5.86. The third kappa shape index (κ3) is 2.65. The Labute approximate surface area is 105 Å². The van der Waals surface area contributed by atoms with Gasteiger partial charge in [-0.1, -0.05) is 41.9 Å². The lowest BCUT2D eigenvalue weighted by Gasteiger charge is -2.19. The number of hydrogen-bond acceptors (Lipinski definition) is 4. The van der Waals surface area contributed by atoms with E-state index < -0.39 is 0 Å². The second kappa shape index (κ2) is 5.01. The Hall–Kier alpha value is -1.81. The highest BCUT2D eigenvalue weighted by Gasteiger charge is 2.10. The summed E-state index contributed by atoms with van der Waals surface area (Å²) in [6.07, 6.45) is 1.41. The summed E-state index contributed by atoms with van der Waals surface area (Å²) in [7, 11) is 1.92. The first-order valence-electron chi connectivity index (χ1n) is 5.19. The quantitative estimate of drug-likeness (QED) is 0.848. The maximum atomic E-state index is 5.86. The van der Waals surface area contributed by atoms with Gasteiger partial charge in [-0.05, 0) is 5.56 Å². The third-order valence-corrected chi connectivity index (χ3v) is 2.74. The van der Waals surface area contributed by atoms with Crippen LogP contribution in [0.4, 0.5) is 11.5 Å². The van der Waals surface area contributed by atoms with E-state index >= 15 is 0 Å². The van der Waals surface area contributed by atoms with Gasteiger partial charge in [-0.15, -0.1) is 0 Å². The average molecular weight is 249 g/mol. The largest absolute Gasteiger partial charge is 0.393 e. The summed E-state index contributed by atoms with van der Waals surface area (Å²) >= 11 is 5.86. The van der Waals surface area contributed by atoms with E-state index in [1.807, 2.05) is 30.1 Å². The van der Waals surface area contributed by atoms with Gasteiger partial charge in [0.2, 0.25) is 0 Å². The summed E-state index contributed by atoms with van der Waals surface area (Å²) in [5.74, 6) is 0.647. The number of nitrogens with two attached hydrogens (primary N) is 1. The van der Waals surface area contributed by atoms with Crippen molar-refractivity contribution in [3.63, 3.8) is 0 Å². The Bertz CT molecular complexity index is 501. The minimum Gasteiger partial charge on any atom is -0.393 e. The first-order chi connectivity index (χ1) is 8.18. The maximum Gasteiger partial charge on any atom is 0.157 e. The first-order valence-corrected chi connectivity index (χ1v) is 5.57. The second-order valence-electron chi connectivity index (χ2n) is 3.74. The van der Waals surface area contributed by atoms with Crippen molar-refractivity contribution in [3.8, 4) is 0 Å². The molecule has 0 aliphatic heterocycles. The molecule has 1 heterocycles. The van der Waals surface area contributed by atoms with Crippen molar-refractivity contribution in [1.82, 2.24) is 9.97 Å². The monoisotopic (exact) mass is 248 g/mol. The van der Waals surface area contributed by atoms with E-state index in [1.54, 1.807) is 0 Å². The van der Waals surface area contributed by atoms with Gasteiger partial charge in [0.15, 0.2) is 11.0 Å². The fourth-order valence-corrected chi connectivity index (χ4v) is 1.73. The number of hydrogen-bond donors (Lipinski definition) is 1. The van der Waals surface area contributed by atoms with Crippen LogP contribution >= 0.6 is 11.6 Å². The number of anilines is 2. The lowest BCUT2D eigenvalue weighted by Crippen LogP contribution is -2.19. The van der Waals surface area contributed by atoms with E-state index in [0.29, 0.717) is 11.5 Å². The van der Waals surface area contributed by atoms with Crippen LogP contribution in [-0.2, 0) is 6.54 Å². The summed E-state index contributed by atoms with van der Waals surface area (Å²) in [4.78, 5) is 9.91. The summed E-state index contributed by atoms with van der Waals surface area (Å²) in [6.45, 7) is 0.721. The SMILES string of the molecule is CN(Cc1ccccc1)c1ncnc(Cl)c1N. The van der Waals surface area contributed by atoms with Crippen LogP contribution in [0, 0.1) is 0 Å². The molecule has 17 heavy (non-hydrogen) atoms. The lowest BCUT2D eigenvalue weighted by atomic mass is 10.2.